The van der Waals surface area contributed by atoms with Gasteiger partial charge in [-0.2, -0.15) is 0 Å². The van der Waals surface area contributed by atoms with Gasteiger partial charge < -0.3 is 5.32 Å². The third-order valence-electron chi connectivity index (χ3n) is 4.33. The Labute approximate surface area is 123 Å². The van der Waals surface area contributed by atoms with Gasteiger partial charge in [-0.25, -0.2) is 9.97 Å². The van der Waals surface area contributed by atoms with Crippen LogP contribution in [0.2, 0.25) is 0 Å². The number of aromatic nitrogens is 2. The van der Waals surface area contributed by atoms with Crippen molar-refractivity contribution in [2.45, 2.75) is 72.1 Å². The van der Waals surface area contributed by atoms with Gasteiger partial charge in [-0.15, -0.1) is 0 Å². The zero-order valence-corrected chi connectivity index (χ0v) is 13.7. The molecule has 112 valence electrons. The third kappa shape index (κ3) is 3.31. The van der Waals surface area contributed by atoms with Crippen molar-refractivity contribution in [1.82, 2.24) is 9.97 Å². The van der Waals surface area contributed by atoms with E-state index < -0.39 is 0 Å². The van der Waals surface area contributed by atoms with Crippen LogP contribution in [0.25, 0.3) is 0 Å². The Morgan fingerprint density at radius 3 is 2.55 bits per heavy atom. The van der Waals surface area contributed by atoms with E-state index in [1.54, 1.807) is 0 Å². The van der Waals surface area contributed by atoms with Crippen molar-refractivity contribution in [3.63, 3.8) is 0 Å². The predicted octanol–water partition coefficient (Wildman–Crippen LogP) is 4.63. The SMILES string of the molecule is CCCNc1nc(C2CCC(C)C2)nc(C)c1C(C)C. The number of nitrogens with zero attached hydrogens (tertiary/aromatic N) is 2. The number of hydrogen-bond donors (Lipinski definition) is 1. The van der Waals surface area contributed by atoms with Crippen molar-refractivity contribution in [2.24, 2.45) is 5.92 Å². The number of hydrogen-bond acceptors (Lipinski definition) is 3. The standard InChI is InChI=1S/C17H29N3/c1-6-9-18-17-15(11(2)3)13(5)19-16(20-17)14-8-7-12(4)10-14/h11-12,14H,6-10H2,1-5H3,(H,18,19,20). The van der Waals surface area contributed by atoms with E-state index in [1.165, 1.54) is 24.8 Å². The fraction of sp³-hybridized carbons (Fsp3) is 0.765. The molecule has 2 atom stereocenters. The van der Waals surface area contributed by atoms with Gasteiger partial charge in [-0.1, -0.05) is 27.7 Å². The van der Waals surface area contributed by atoms with Crippen molar-refractivity contribution in [2.75, 3.05) is 11.9 Å². The minimum atomic E-state index is 0.464. The van der Waals surface area contributed by atoms with E-state index in [1.807, 2.05) is 0 Å². The largest absolute Gasteiger partial charge is 0.370 e. The molecule has 1 aromatic rings. The molecule has 20 heavy (non-hydrogen) atoms. The lowest BCUT2D eigenvalue weighted by Gasteiger charge is -2.19. The van der Waals surface area contributed by atoms with Gasteiger partial charge in [0.1, 0.15) is 11.6 Å². The average Bonchev–Trinajstić information content (AvgIpc) is 2.81. The summed E-state index contributed by atoms with van der Waals surface area (Å²) < 4.78 is 0. The second-order valence-electron chi connectivity index (χ2n) is 6.63. The highest BCUT2D eigenvalue weighted by Gasteiger charge is 2.26. The van der Waals surface area contributed by atoms with E-state index >= 15 is 0 Å². The molecule has 0 aliphatic heterocycles. The summed E-state index contributed by atoms with van der Waals surface area (Å²) in [5.41, 5.74) is 2.44. The molecular weight excluding hydrogens is 246 g/mol. The maximum Gasteiger partial charge on any atom is 0.134 e. The van der Waals surface area contributed by atoms with Crippen molar-refractivity contribution < 1.29 is 0 Å². The maximum absolute atomic E-state index is 4.89. The van der Waals surface area contributed by atoms with Crippen LogP contribution < -0.4 is 5.32 Å². The van der Waals surface area contributed by atoms with Crippen LogP contribution in [0.5, 0.6) is 0 Å². The lowest BCUT2D eigenvalue weighted by molar-refractivity contribution is 0.583. The van der Waals surface area contributed by atoms with Crippen LogP contribution in [0.3, 0.4) is 0 Å². The van der Waals surface area contributed by atoms with Crippen LogP contribution in [-0.4, -0.2) is 16.5 Å². The summed E-state index contributed by atoms with van der Waals surface area (Å²) >= 11 is 0. The maximum atomic E-state index is 4.89. The van der Waals surface area contributed by atoms with Gasteiger partial charge in [-0.05, 0) is 44.4 Å². The Bertz CT molecular complexity index is 454. The summed E-state index contributed by atoms with van der Waals surface area (Å²) in [6.45, 7) is 12.1. The quantitative estimate of drug-likeness (QED) is 0.851. The summed E-state index contributed by atoms with van der Waals surface area (Å²) in [5, 5.41) is 3.51. The first-order chi connectivity index (χ1) is 9.52. The van der Waals surface area contributed by atoms with Crippen LogP contribution in [0.15, 0.2) is 0 Å². The molecule has 1 aliphatic carbocycles. The molecule has 0 bridgehead atoms. The smallest absolute Gasteiger partial charge is 0.134 e. The van der Waals surface area contributed by atoms with Gasteiger partial charge in [0, 0.05) is 23.7 Å². The van der Waals surface area contributed by atoms with Crippen LogP contribution in [-0.2, 0) is 0 Å². The Morgan fingerprint density at radius 2 is 2.00 bits per heavy atom. The molecule has 3 nitrogen and oxygen atoms in total. The molecule has 1 saturated carbocycles. The molecule has 3 heteroatoms. The van der Waals surface area contributed by atoms with E-state index in [0.717, 1.165) is 36.2 Å². The van der Waals surface area contributed by atoms with E-state index in [9.17, 15) is 0 Å². The second kappa shape index (κ2) is 6.55. The molecule has 1 heterocycles. The first-order valence-corrected chi connectivity index (χ1v) is 8.15. The molecule has 1 N–H and O–H groups in total. The van der Waals surface area contributed by atoms with Crippen LogP contribution >= 0.6 is 0 Å². The lowest BCUT2D eigenvalue weighted by Crippen LogP contribution is -2.13. The summed E-state index contributed by atoms with van der Waals surface area (Å²) in [7, 11) is 0. The van der Waals surface area contributed by atoms with Crippen molar-refractivity contribution in [3.8, 4) is 0 Å². The van der Waals surface area contributed by atoms with Crippen molar-refractivity contribution >= 4 is 5.82 Å². The lowest BCUT2D eigenvalue weighted by atomic mass is 10.0. The molecule has 2 rings (SSSR count). The Balaban J connectivity index is 2.33. The predicted molar refractivity (Wildman–Crippen MR) is 85.4 cm³/mol. The zero-order chi connectivity index (χ0) is 14.7. The highest BCUT2D eigenvalue weighted by Crippen LogP contribution is 2.37. The zero-order valence-electron chi connectivity index (χ0n) is 13.7. The molecule has 0 saturated heterocycles. The molecular formula is C17H29N3. The van der Waals surface area contributed by atoms with E-state index in [0.29, 0.717) is 11.8 Å². The molecule has 2 unspecified atom stereocenters. The van der Waals surface area contributed by atoms with Gasteiger partial charge >= 0.3 is 0 Å². The van der Waals surface area contributed by atoms with E-state index in [-0.39, 0.29) is 0 Å². The first-order valence-electron chi connectivity index (χ1n) is 8.15. The van der Waals surface area contributed by atoms with E-state index in [4.69, 9.17) is 9.97 Å². The van der Waals surface area contributed by atoms with Gasteiger partial charge in [0.2, 0.25) is 0 Å². The topological polar surface area (TPSA) is 37.8 Å². The van der Waals surface area contributed by atoms with Crippen molar-refractivity contribution in [3.05, 3.63) is 17.1 Å². The molecule has 1 fully saturated rings. The minimum Gasteiger partial charge on any atom is -0.370 e. The molecule has 1 aromatic heterocycles. The number of aryl methyl sites for hydroxylation is 1. The number of nitrogens with one attached hydrogen (secondary N) is 1. The number of anilines is 1. The van der Waals surface area contributed by atoms with Gasteiger partial charge in [0.25, 0.3) is 0 Å². The monoisotopic (exact) mass is 275 g/mol. The fourth-order valence-electron chi connectivity index (χ4n) is 3.30. The average molecular weight is 275 g/mol. The summed E-state index contributed by atoms with van der Waals surface area (Å²) in [6, 6.07) is 0. The Kier molecular flexibility index (Phi) is 5.00. The van der Waals surface area contributed by atoms with Gasteiger partial charge in [-0.3, -0.25) is 0 Å². The fourth-order valence-corrected chi connectivity index (χ4v) is 3.30. The molecule has 0 amide bonds. The number of rotatable bonds is 5. The van der Waals surface area contributed by atoms with Crippen molar-refractivity contribution in [1.29, 1.82) is 0 Å². The van der Waals surface area contributed by atoms with Gasteiger partial charge in [0.15, 0.2) is 0 Å². The normalized spacial score (nSPS) is 22.5. The second-order valence-corrected chi connectivity index (χ2v) is 6.63. The molecule has 0 spiro atoms. The summed E-state index contributed by atoms with van der Waals surface area (Å²) in [6.07, 6.45) is 4.93. The van der Waals surface area contributed by atoms with Crippen LogP contribution in [0, 0.1) is 12.8 Å². The first kappa shape index (κ1) is 15.3. The molecule has 0 radical (unpaired) electrons. The highest BCUT2D eigenvalue weighted by molar-refractivity contribution is 5.48. The van der Waals surface area contributed by atoms with Gasteiger partial charge in [0.05, 0.1) is 0 Å². The van der Waals surface area contributed by atoms with E-state index in [2.05, 4.69) is 39.9 Å². The summed E-state index contributed by atoms with van der Waals surface area (Å²) in [5.74, 6) is 3.98. The minimum absolute atomic E-state index is 0.464. The van der Waals surface area contributed by atoms with Crippen LogP contribution in [0.4, 0.5) is 5.82 Å². The summed E-state index contributed by atoms with van der Waals surface area (Å²) in [4.78, 5) is 9.71. The molecule has 0 aromatic carbocycles. The third-order valence-corrected chi connectivity index (χ3v) is 4.33. The molecule has 1 aliphatic rings. The highest BCUT2D eigenvalue weighted by atomic mass is 15.0. The Morgan fingerprint density at radius 1 is 1.25 bits per heavy atom. The Hall–Kier alpha value is -1.12. The van der Waals surface area contributed by atoms with Crippen LogP contribution in [0.1, 0.15) is 82.3 Å².